The molecule has 1 amide bonds. The number of nitrogens with one attached hydrogen (secondary N) is 1. The van der Waals surface area contributed by atoms with Crippen molar-refractivity contribution in [3.63, 3.8) is 0 Å². The molecule has 29 heavy (non-hydrogen) atoms. The largest absolute Gasteiger partial charge is 0.339 e. The average Bonchev–Trinajstić information content (AvgIpc) is 3.47. The van der Waals surface area contributed by atoms with Gasteiger partial charge in [0.25, 0.3) is 5.91 Å². The first-order valence-electron chi connectivity index (χ1n) is 9.64. The number of nitrogens with zero attached hydrogens (tertiary/aromatic N) is 3. The van der Waals surface area contributed by atoms with Gasteiger partial charge in [-0.25, -0.2) is 4.98 Å². The van der Waals surface area contributed by atoms with Crippen LogP contribution in [-0.4, -0.2) is 20.4 Å². The van der Waals surface area contributed by atoms with Gasteiger partial charge in [-0.2, -0.15) is 0 Å². The van der Waals surface area contributed by atoms with Crippen LogP contribution in [0.4, 0.5) is 5.13 Å². The predicted octanol–water partition coefficient (Wildman–Crippen LogP) is 4.52. The number of amides is 1. The summed E-state index contributed by atoms with van der Waals surface area (Å²) < 4.78 is 1.94. The second kappa shape index (κ2) is 7.64. The zero-order valence-corrected chi connectivity index (χ0v) is 16.6. The molecule has 3 aromatic heterocycles. The number of pyridine rings is 1. The third-order valence-corrected chi connectivity index (χ3v) is 6.15. The van der Waals surface area contributed by atoms with Crippen molar-refractivity contribution in [3.05, 3.63) is 101 Å². The summed E-state index contributed by atoms with van der Waals surface area (Å²) in [4.78, 5) is 21.6. The summed E-state index contributed by atoms with van der Waals surface area (Å²) in [6.45, 7) is 0.627. The van der Waals surface area contributed by atoms with Crippen molar-refractivity contribution in [1.82, 2.24) is 14.5 Å². The van der Waals surface area contributed by atoms with E-state index >= 15 is 0 Å². The summed E-state index contributed by atoms with van der Waals surface area (Å²) in [5.74, 6) is 0.254. The smallest absolute Gasteiger partial charge is 0.274 e. The first-order valence-corrected chi connectivity index (χ1v) is 10.5. The normalized spacial score (nSPS) is 13.4. The lowest BCUT2D eigenvalue weighted by Crippen LogP contribution is -2.17. The van der Waals surface area contributed by atoms with Gasteiger partial charge in [-0.3, -0.25) is 15.1 Å². The van der Waals surface area contributed by atoms with Crippen LogP contribution in [0.2, 0.25) is 0 Å². The highest BCUT2D eigenvalue weighted by molar-refractivity contribution is 7.14. The first-order chi connectivity index (χ1) is 14.3. The fraction of sp³-hybridized carbons (Fsp3) is 0.174. The maximum Gasteiger partial charge on any atom is 0.274 e. The summed E-state index contributed by atoms with van der Waals surface area (Å²) in [6, 6.07) is 16.2. The molecule has 0 aliphatic heterocycles. The predicted molar refractivity (Wildman–Crippen MR) is 114 cm³/mol. The number of thiazole rings is 1. The van der Waals surface area contributed by atoms with Crippen molar-refractivity contribution >= 4 is 22.4 Å². The molecule has 0 atom stereocenters. The second-order valence-corrected chi connectivity index (χ2v) is 8.14. The molecular formula is C23H20N4OS. The summed E-state index contributed by atoms with van der Waals surface area (Å²) in [7, 11) is 0. The Labute approximate surface area is 173 Å². The summed E-state index contributed by atoms with van der Waals surface area (Å²) >= 11 is 1.49. The maximum absolute atomic E-state index is 12.8. The van der Waals surface area contributed by atoms with Crippen LogP contribution in [0, 0.1) is 0 Å². The minimum absolute atomic E-state index is 0.139. The third kappa shape index (κ3) is 3.71. The first kappa shape index (κ1) is 17.8. The van der Waals surface area contributed by atoms with Crippen LogP contribution >= 0.6 is 11.3 Å². The molecule has 3 heterocycles. The van der Waals surface area contributed by atoms with Crippen LogP contribution in [0.5, 0.6) is 0 Å². The van der Waals surface area contributed by atoms with Gasteiger partial charge in [0, 0.05) is 36.4 Å². The van der Waals surface area contributed by atoms with E-state index < -0.39 is 0 Å². The van der Waals surface area contributed by atoms with Crippen LogP contribution in [0.15, 0.2) is 72.5 Å². The molecule has 1 aliphatic rings. The Kier molecular flexibility index (Phi) is 4.69. The molecular weight excluding hydrogens is 380 g/mol. The van der Waals surface area contributed by atoms with Crippen LogP contribution in [0.1, 0.15) is 38.8 Å². The summed E-state index contributed by atoms with van der Waals surface area (Å²) in [6.07, 6.45) is 7.47. The number of hydrogen-bond donors (Lipinski definition) is 1. The zero-order chi connectivity index (χ0) is 19.6. The van der Waals surface area contributed by atoms with Crippen LogP contribution in [0.25, 0.3) is 0 Å². The number of rotatable bonds is 5. The Hall–Kier alpha value is -3.25. The average molecular weight is 401 g/mol. The Morgan fingerprint density at radius 1 is 1.07 bits per heavy atom. The molecule has 5 rings (SSSR count). The number of anilines is 1. The van der Waals surface area contributed by atoms with E-state index in [9.17, 15) is 4.79 Å². The number of hydrogen-bond acceptors (Lipinski definition) is 4. The topological polar surface area (TPSA) is 59.8 Å². The molecule has 0 bridgehead atoms. The van der Waals surface area contributed by atoms with Gasteiger partial charge in [-0.1, -0.05) is 24.3 Å². The molecule has 0 radical (unpaired) electrons. The van der Waals surface area contributed by atoms with Crippen LogP contribution < -0.4 is 5.32 Å². The van der Waals surface area contributed by atoms with E-state index in [1.165, 1.54) is 22.5 Å². The van der Waals surface area contributed by atoms with Gasteiger partial charge in [-0.15, -0.1) is 11.3 Å². The minimum Gasteiger partial charge on any atom is -0.339 e. The van der Waals surface area contributed by atoms with Crippen molar-refractivity contribution < 1.29 is 4.79 Å². The van der Waals surface area contributed by atoms with Crippen molar-refractivity contribution in [3.8, 4) is 0 Å². The second-order valence-electron chi connectivity index (χ2n) is 7.28. The van der Waals surface area contributed by atoms with Crippen molar-refractivity contribution in [2.45, 2.75) is 25.3 Å². The number of carbonyl (C=O) groups is 1. The quantitative estimate of drug-likeness (QED) is 0.536. The lowest BCUT2D eigenvalue weighted by atomic mass is 10.0. The minimum atomic E-state index is -0.139. The van der Waals surface area contributed by atoms with Crippen molar-refractivity contribution in [1.29, 1.82) is 0 Å². The van der Waals surface area contributed by atoms with E-state index in [-0.39, 0.29) is 5.91 Å². The number of benzene rings is 1. The van der Waals surface area contributed by atoms with Gasteiger partial charge in [0.2, 0.25) is 0 Å². The molecule has 1 aliphatic carbocycles. The highest BCUT2D eigenvalue weighted by Gasteiger charge is 2.25. The maximum atomic E-state index is 12.8. The highest BCUT2D eigenvalue weighted by Crippen LogP contribution is 2.35. The molecule has 144 valence electrons. The lowest BCUT2D eigenvalue weighted by molar-refractivity contribution is 0.101. The van der Waals surface area contributed by atoms with E-state index in [2.05, 4.69) is 39.9 Å². The van der Waals surface area contributed by atoms with E-state index in [0.717, 1.165) is 24.1 Å². The molecule has 5 nitrogen and oxygen atoms in total. The number of aromatic nitrogens is 3. The van der Waals surface area contributed by atoms with Crippen molar-refractivity contribution in [2.24, 2.45) is 0 Å². The molecule has 0 fully saturated rings. The Bertz CT molecular complexity index is 1120. The Morgan fingerprint density at radius 3 is 2.59 bits per heavy atom. The van der Waals surface area contributed by atoms with Gasteiger partial charge < -0.3 is 4.57 Å². The van der Waals surface area contributed by atoms with E-state index in [0.29, 0.717) is 23.3 Å². The van der Waals surface area contributed by atoms with Gasteiger partial charge in [-0.05, 0) is 53.8 Å². The SMILES string of the molecule is O=C(Nc1nc(C2Cc3ccccc3C2)cs1)c1cccn1Cc1ccncc1. The lowest BCUT2D eigenvalue weighted by Gasteiger charge is -2.09. The van der Waals surface area contributed by atoms with E-state index in [1.807, 2.05) is 35.0 Å². The fourth-order valence-electron chi connectivity index (χ4n) is 3.90. The molecule has 4 aromatic rings. The molecule has 0 unspecified atom stereocenters. The monoisotopic (exact) mass is 400 g/mol. The van der Waals surface area contributed by atoms with Crippen LogP contribution in [0.3, 0.4) is 0 Å². The highest BCUT2D eigenvalue weighted by atomic mass is 32.1. The molecule has 0 saturated heterocycles. The van der Waals surface area contributed by atoms with Gasteiger partial charge in [0.15, 0.2) is 5.13 Å². The van der Waals surface area contributed by atoms with E-state index in [1.54, 1.807) is 12.4 Å². The molecule has 0 saturated carbocycles. The zero-order valence-electron chi connectivity index (χ0n) is 15.8. The Morgan fingerprint density at radius 2 is 1.83 bits per heavy atom. The van der Waals surface area contributed by atoms with E-state index in [4.69, 9.17) is 4.98 Å². The molecule has 1 aromatic carbocycles. The summed E-state index contributed by atoms with van der Waals surface area (Å²) in [5, 5.41) is 5.69. The molecule has 6 heteroatoms. The van der Waals surface area contributed by atoms with Gasteiger partial charge in [0.1, 0.15) is 5.69 Å². The van der Waals surface area contributed by atoms with Crippen LogP contribution in [-0.2, 0) is 19.4 Å². The third-order valence-electron chi connectivity index (χ3n) is 5.38. The number of carbonyl (C=O) groups excluding carboxylic acids is 1. The van der Waals surface area contributed by atoms with Gasteiger partial charge >= 0.3 is 0 Å². The summed E-state index contributed by atoms with van der Waals surface area (Å²) in [5.41, 5.74) is 5.60. The van der Waals surface area contributed by atoms with Crippen molar-refractivity contribution in [2.75, 3.05) is 5.32 Å². The number of fused-ring (bicyclic) bond motifs is 1. The fourth-order valence-corrected chi connectivity index (χ4v) is 4.69. The Balaban J connectivity index is 1.28. The standard InChI is InChI=1S/C23H20N4OS/c28-22(21-6-3-11-27(21)14-16-7-9-24-10-8-16)26-23-25-20(15-29-23)19-12-17-4-1-2-5-18(17)13-19/h1-11,15,19H,12-14H2,(H,25,26,28). The van der Waals surface area contributed by atoms with Gasteiger partial charge in [0.05, 0.1) is 5.69 Å². The molecule has 1 N–H and O–H groups in total. The molecule has 0 spiro atoms.